The Morgan fingerprint density at radius 1 is 1.45 bits per heavy atom. The van der Waals surface area contributed by atoms with E-state index in [1.807, 2.05) is 23.7 Å². The number of rotatable bonds is 3. The van der Waals surface area contributed by atoms with Crippen LogP contribution in [0.2, 0.25) is 0 Å². The third kappa shape index (κ3) is 2.48. The van der Waals surface area contributed by atoms with Crippen LogP contribution in [0, 0.1) is 0 Å². The Kier molecular flexibility index (Phi) is 3.66. The molecule has 0 radical (unpaired) electrons. The lowest BCUT2D eigenvalue weighted by molar-refractivity contribution is -0.0234. The Morgan fingerprint density at radius 2 is 2.18 bits per heavy atom. The molecule has 0 aromatic carbocycles. The molecule has 118 valence electrons. The van der Waals surface area contributed by atoms with Gasteiger partial charge in [0.2, 0.25) is 0 Å². The fourth-order valence-electron chi connectivity index (χ4n) is 2.90. The molecule has 7 nitrogen and oxygen atoms in total. The molecule has 2 aromatic rings. The van der Waals surface area contributed by atoms with Crippen LogP contribution in [-0.4, -0.2) is 50.3 Å². The Hall–Kier alpha value is -2.28. The van der Waals surface area contributed by atoms with Crippen molar-refractivity contribution in [2.75, 3.05) is 19.7 Å². The molecule has 1 saturated heterocycles. The second kappa shape index (κ2) is 5.49. The molecule has 3 heterocycles. The van der Waals surface area contributed by atoms with Gasteiger partial charge in [-0.15, -0.1) is 0 Å². The van der Waals surface area contributed by atoms with Crippen molar-refractivity contribution >= 4 is 11.7 Å². The van der Waals surface area contributed by atoms with Crippen molar-refractivity contribution in [3.63, 3.8) is 0 Å². The molecule has 0 unspecified atom stereocenters. The number of carbonyl (C=O) groups is 1. The van der Waals surface area contributed by atoms with Crippen LogP contribution in [0.1, 0.15) is 25.3 Å². The highest BCUT2D eigenvalue weighted by atomic mass is 16.5. The summed E-state index contributed by atoms with van der Waals surface area (Å²) in [5, 5.41) is 20.1. The second-order valence-electron chi connectivity index (χ2n) is 5.48. The van der Waals surface area contributed by atoms with E-state index in [1.54, 1.807) is 12.3 Å². The van der Waals surface area contributed by atoms with Gasteiger partial charge in [-0.3, -0.25) is 0 Å². The number of imidazole rings is 1. The van der Waals surface area contributed by atoms with Crippen LogP contribution in [0.5, 0.6) is 5.75 Å². The van der Waals surface area contributed by atoms with Gasteiger partial charge in [-0.05, 0) is 19.8 Å². The van der Waals surface area contributed by atoms with Crippen LogP contribution in [0.25, 0.3) is 5.65 Å². The number of piperidine rings is 1. The number of ether oxygens (including phenoxy) is 1. The smallest absolute Gasteiger partial charge is 0.407 e. The molecule has 1 amide bonds. The van der Waals surface area contributed by atoms with E-state index in [0.29, 0.717) is 43.9 Å². The summed E-state index contributed by atoms with van der Waals surface area (Å²) in [5.41, 5.74) is 0.346. The summed E-state index contributed by atoms with van der Waals surface area (Å²) in [4.78, 5) is 16.6. The molecule has 3 rings (SSSR count). The molecule has 0 aliphatic carbocycles. The molecule has 22 heavy (non-hydrogen) atoms. The average Bonchev–Trinajstić information content (AvgIpc) is 2.94. The van der Waals surface area contributed by atoms with E-state index >= 15 is 0 Å². The zero-order valence-electron chi connectivity index (χ0n) is 12.4. The topological polar surface area (TPSA) is 87.3 Å². The van der Waals surface area contributed by atoms with Gasteiger partial charge in [0.1, 0.15) is 11.4 Å². The Labute approximate surface area is 127 Å². The summed E-state index contributed by atoms with van der Waals surface area (Å²) in [7, 11) is 0. The first kappa shape index (κ1) is 14.6. The summed E-state index contributed by atoms with van der Waals surface area (Å²) in [6.07, 6.45) is 5.07. The average molecular weight is 305 g/mol. The van der Waals surface area contributed by atoms with Crippen LogP contribution in [0.15, 0.2) is 24.7 Å². The lowest BCUT2D eigenvalue weighted by Crippen LogP contribution is -2.44. The second-order valence-corrected chi connectivity index (χ2v) is 5.48. The van der Waals surface area contributed by atoms with E-state index in [2.05, 4.69) is 4.98 Å². The summed E-state index contributed by atoms with van der Waals surface area (Å²) < 4.78 is 7.50. The normalized spacial score (nSPS) is 17.6. The number of likely N-dealkylation sites (tertiary alicyclic amines) is 1. The van der Waals surface area contributed by atoms with Gasteiger partial charge in [-0.1, -0.05) is 0 Å². The predicted molar refractivity (Wildman–Crippen MR) is 79.1 cm³/mol. The highest BCUT2D eigenvalue weighted by Gasteiger charge is 2.38. The van der Waals surface area contributed by atoms with Gasteiger partial charge in [0, 0.05) is 43.3 Å². The SMILES string of the molecule is CCOc1cc2nccn2cc1C1(O)CCN(C(=O)O)CC1. The third-order valence-corrected chi connectivity index (χ3v) is 4.15. The highest BCUT2D eigenvalue weighted by molar-refractivity contribution is 5.65. The molecule has 2 N–H and O–H groups in total. The number of fused-ring (bicyclic) bond motifs is 1. The monoisotopic (exact) mass is 305 g/mol. The van der Waals surface area contributed by atoms with E-state index in [1.165, 1.54) is 4.90 Å². The van der Waals surface area contributed by atoms with Crippen molar-refractivity contribution in [2.45, 2.75) is 25.4 Å². The highest BCUT2D eigenvalue weighted by Crippen LogP contribution is 2.38. The number of aliphatic hydroxyl groups is 1. The summed E-state index contributed by atoms with van der Waals surface area (Å²) in [6, 6.07) is 1.81. The molecule has 0 atom stereocenters. The lowest BCUT2D eigenvalue weighted by Gasteiger charge is -2.37. The molecule has 0 bridgehead atoms. The van der Waals surface area contributed by atoms with E-state index in [9.17, 15) is 9.90 Å². The molecular formula is C15H19N3O4. The van der Waals surface area contributed by atoms with Crippen molar-refractivity contribution in [1.82, 2.24) is 14.3 Å². The van der Waals surface area contributed by atoms with Gasteiger partial charge >= 0.3 is 6.09 Å². The molecule has 1 aliphatic rings. The summed E-state index contributed by atoms with van der Waals surface area (Å²) in [6.45, 7) is 2.98. The first-order valence-electron chi connectivity index (χ1n) is 7.34. The third-order valence-electron chi connectivity index (χ3n) is 4.15. The number of aromatic nitrogens is 2. The van der Waals surface area contributed by atoms with Gasteiger partial charge in [-0.25, -0.2) is 9.78 Å². The number of pyridine rings is 1. The molecule has 1 aliphatic heterocycles. The first-order chi connectivity index (χ1) is 10.5. The van der Waals surface area contributed by atoms with Gasteiger partial charge < -0.3 is 24.3 Å². The van der Waals surface area contributed by atoms with Crippen molar-refractivity contribution in [2.24, 2.45) is 0 Å². The van der Waals surface area contributed by atoms with Gasteiger partial charge in [0.25, 0.3) is 0 Å². The minimum atomic E-state index is -1.09. The van der Waals surface area contributed by atoms with Crippen molar-refractivity contribution in [3.8, 4) is 5.75 Å². The van der Waals surface area contributed by atoms with E-state index in [4.69, 9.17) is 9.84 Å². The van der Waals surface area contributed by atoms with Crippen LogP contribution in [-0.2, 0) is 5.60 Å². The van der Waals surface area contributed by atoms with Gasteiger partial charge in [0.15, 0.2) is 0 Å². The lowest BCUT2D eigenvalue weighted by atomic mass is 9.85. The Balaban J connectivity index is 1.97. The Morgan fingerprint density at radius 3 is 2.82 bits per heavy atom. The van der Waals surface area contributed by atoms with Gasteiger partial charge in [-0.2, -0.15) is 0 Å². The zero-order chi connectivity index (χ0) is 15.7. The predicted octanol–water partition coefficient (Wildman–Crippen LogP) is 1.69. The summed E-state index contributed by atoms with van der Waals surface area (Å²) >= 11 is 0. The van der Waals surface area contributed by atoms with E-state index < -0.39 is 11.7 Å². The largest absolute Gasteiger partial charge is 0.493 e. The molecule has 2 aromatic heterocycles. The minimum absolute atomic E-state index is 0.305. The van der Waals surface area contributed by atoms with Crippen LogP contribution < -0.4 is 4.74 Å². The van der Waals surface area contributed by atoms with Crippen LogP contribution >= 0.6 is 0 Å². The quantitative estimate of drug-likeness (QED) is 0.901. The molecule has 1 fully saturated rings. The van der Waals surface area contributed by atoms with E-state index in [-0.39, 0.29) is 0 Å². The molecular weight excluding hydrogens is 286 g/mol. The number of nitrogens with zero attached hydrogens (tertiary/aromatic N) is 3. The maximum atomic E-state index is 11.0. The standard InChI is InChI=1S/C15H19N3O4/c1-2-22-12-9-13-16-5-8-18(13)10-11(12)15(21)3-6-17(7-4-15)14(19)20/h5,8-10,21H,2-4,6-7H2,1H3,(H,19,20). The minimum Gasteiger partial charge on any atom is -0.493 e. The van der Waals surface area contributed by atoms with Crippen LogP contribution in [0.3, 0.4) is 0 Å². The number of amides is 1. The fraction of sp³-hybridized carbons (Fsp3) is 0.467. The number of hydrogen-bond donors (Lipinski definition) is 2. The van der Waals surface area contributed by atoms with Crippen molar-refractivity contribution in [3.05, 3.63) is 30.2 Å². The van der Waals surface area contributed by atoms with E-state index in [0.717, 1.165) is 5.65 Å². The van der Waals surface area contributed by atoms with Crippen molar-refractivity contribution < 1.29 is 19.7 Å². The maximum Gasteiger partial charge on any atom is 0.407 e. The first-order valence-corrected chi connectivity index (χ1v) is 7.34. The van der Waals surface area contributed by atoms with Crippen molar-refractivity contribution in [1.29, 1.82) is 0 Å². The fourth-order valence-corrected chi connectivity index (χ4v) is 2.90. The number of carboxylic acid groups (broad SMARTS) is 1. The molecule has 7 heteroatoms. The zero-order valence-corrected chi connectivity index (χ0v) is 12.4. The Bertz CT molecular complexity index is 689. The maximum absolute atomic E-state index is 11.0. The van der Waals surface area contributed by atoms with Crippen LogP contribution in [0.4, 0.5) is 4.79 Å². The molecule has 0 spiro atoms. The summed E-state index contributed by atoms with van der Waals surface area (Å²) in [5.74, 6) is 0.604. The van der Waals surface area contributed by atoms with Gasteiger partial charge in [0.05, 0.1) is 12.2 Å². The molecule has 0 saturated carbocycles. The number of hydrogen-bond acceptors (Lipinski definition) is 4.